The zero-order valence-electron chi connectivity index (χ0n) is 10.6. The number of halogens is 1. The van der Waals surface area contributed by atoms with Crippen LogP contribution in [0.3, 0.4) is 0 Å². The lowest BCUT2D eigenvalue weighted by molar-refractivity contribution is -0.146. The molecule has 0 amide bonds. The Morgan fingerprint density at radius 3 is 3.00 bits per heavy atom. The molecule has 1 heterocycles. The van der Waals surface area contributed by atoms with Crippen LogP contribution in [-0.2, 0) is 14.3 Å². The molecule has 0 aliphatic carbocycles. The van der Waals surface area contributed by atoms with Gasteiger partial charge in [0.25, 0.3) is 0 Å². The lowest BCUT2D eigenvalue weighted by Crippen LogP contribution is -2.26. The predicted octanol–water partition coefficient (Wildman–Crippen LogP) is 2.49. The van der Waals surface area contributed by atoms with Crippen molar-refractivity contribution in [2.24, 2.45) is 4.99 Å². The van der Waals surface area contributed by atoms with Crippen molar-refractivity contribution in [3.63, 3.8) is 0 Å². The number of rotatable bonds is 4. The summed E-state index contributed by atoms with van der Waals surface area (Å²) in [6.07, 6.45) is 0.763. The van der Waals surface area contributed by atoms with E-state index < -0.39 is 18.1 Å². The number of esters is 1. The van der Waals surface area contributed by atoms with E-state index in [1.807, 2.05) is 18.2 Å². The monoisotopic (exact) mass is 327 g/mol. The molecule has 1 aliphatic rings. The highest BCUT2D eigenvalue weighted by Crippen LogP contribution is 2.35. The standard InChI is InChI=1S/C13H14BrNO4/c1-3-18-13(16)11-12(19-7-15-11)9-6-8(14)4-5-10(9)17-2/h4-7,11-12H,3H2,1-2H3. The molecule has 0 radical (unpaired) electrons. The van der Waals surface area contributed by atoms with Crippen molar-refractivity contribution in [1.29, 1.82) is 0 Å². The number of hydrogen-bond acceptors (Lipinski definition) is 5. The van der Waals surface area contributed by atoms with Crippen molar-refractivity contribution in [1.82, 2.24) is 0 Å². The molecule has 19 heavy (non-hydrogen) atoms. The average molecular weight is 328 g/mol. The minimum absolute atomic E-state index is 0.313. The van der Waals surface area contributed by atoms with Gasteiger partial charge >= 0.3 is 5.97 Å². The van der Waals surface area contributed by atoms with Gasteiger partial charge in [-0.1, -0.05) is 15.9 Å². The number of hydrogen-bond donors (Lipinski definition) is 0. The minimum atomic E-state index is -0.692. The third-order valence-corrected chi connectivity index (χ3v) is 3.24. The van der Waals surface area contributed by atoms with E-state index >= 15 is 0 Å². The molecule has 2 unspecified atom stereocenters. The maximum atomic E-state index is 11.8. The summed E-state index contributed by atoms with van der Waals surface area (Å²) in [5, 5.41) is 0. The largest absolute Gasteiger partial charge is 0.496 e. The summed E-state index contributed by atoms with van der Waals surface area (Å²) in [5.74, 6) is 0.247. The Kier molecular flexibility index (Phi) is 4.42. The van der Waals surface area contributed by atoms with Crippen LogP contribution in [0.4, 0.5) is 0 Å². The van der Waals surface area contributed by atoms with E-state index in [4.69, 9.17) is 14.2 Å². The second kappa shape index (κ2) is 6.06. The molecule has 1 aliphatic heterocycles. The first kappa shape index (κ1) is 13.9. The molecule has 6 heteroatoms. The summed E-state index contributed by atoms with van der Waals surface area (Å²) in [7, 11) is 1.57. The van der Waals surface area contributed by atoms with Crippen LogP contribution in [-0.4, -0.2) is 32.1 Å². The SMILES string of the molecule is CCOC(=O)C1N=COC1c1cc(Br)ccc1OC. The molecule has 5 nitrogen and oxygen atoms in total. The van der Waals surface area contributed by atoms with Gasteiger partial charge in [-0.25, -0.2) is 9.79 Å². The Balaban J connectivity index is 2.30. The molecule has 2 atom stereocenters. The third-order valence-electron chi connectivity index (χ3n) is 2.74. The van der Waals surface area contributed by atoms with E-state index in [0.29, 0.717) is 12.4 Å². The molecule has 0 N–H and O–H groups in total. The fourth-order valence-electron chi connectivity index (χ4n) is 1.90. The molecule has 1 aromatic carbocycles. The van der Waals surface area contributed by atoms with E-state index in [-0.39, 0.29) is 0 Å². The van der Waals surface area contributed by atoms with E-state index in [1.165, 1.54) is 6.40 Å². The summed E-state index contributed by atoms with van der Waals surface area (Å²) in [6, 6.07) is 4.83. The van der Waals surface area contributed by atoms with E-state index in [1.54, 1.807) is 14.0 Å². The molecule has 0 saturated carbocycles. The smallest absolute Gasteiger partial charge is 0.335 e. The highest BCUT2D eigenvalue weighted by atomic mass is 79.9. The number of carbonyl (C=O) groups is 1. The van der Waals surface area contributed by atoms with Crippen molar-refractivity contribution < 1.29 is 19.0 Å². The Labute approximate surface area is 119 Å². The highest BCUT2D eigenvalue weighted by molar-refractivity contribution is 9.10. The van der Waals surface area contributed by atoms with Crippen LogP contribution in [0.15, 0.2) is 27.7 Å². The number of nitrogens with zero attached hydrogens (tertiary/aromatic N) is 1. The zero-order chi connectivity index (χ0) is 13.8. The van der Waals surface area contributed by atoms with Crippen LogP contribution in [0.5, 0.6) is 5.75 Å². The minimum Gasteiger partial charge on any atom is -0.496 e. The first-order valence-electron chi connectivity index (χ1n) is 5.84. The van der Waals surface area contributed by atoms with Gasteiger partial charge in [-0.15, -0.1) is 0 Å². The van der Waals surface area contributed by atoms with Gasteiger partial charge in [0, 0.05) is 10.0 Å². The zero-order valence-corrected chi connectivity index (χ0v) is 12.2. The van der Waals surface area contributed by atoms with Gasteiger partial charge in [-0.3, -0.25) is 0 Å². The van der Waals surface area contributed by atoms with Crippen molar-refractivity contribution in [3.8, 4) is 5.75 Å². The van der Waals surface area contributed by atoms with Crippen LogP contribution >= 0.6 is 15.9 Å². The van der Waals surface area contributed by atoms with Gasteiger partial charge in [0.05, 0.1) is 13.7 Å². The Hall–Kier alpha value is -1.56. The second-order valence-corrected chi connectivity index (χ2v) is 4.81. The van der Waals surface area contributed by atoms with Crippen LogP contribution in [0.1, 0.15) is 18.6 Å². The number of ether oxygens (including phenoxy) is 3. The summed E-state index contributed by atoms with van der Waals surface area (Å²) in [4.78, 5) is 15.9. The lowest BCUT2D eigenvalue weighted by Gasteiger charge is -2.19. The van der Waals surface area contributed by atoms with Gasteiger partial charge in [0.15, 0.2) is 18.5 Å². The highest BCUT2D eigenvalue weighted by Gasteiger charge is 2.37. The molecule has 0 bridgehead atoms. The topological polar surface area (TPSA) is 57.1 Å². The molecule has 2 rings (SSSR count). The summed E-state index contributed by atoms with van der Waals surface area (Å²) in [5.41, 5.74) is 0.757. The molecule has 0 fully saturated rings. The number of aliphatic imine (C=N–C) groups is 1. The van der Waals surface area contributed by atoms with Crippen LogP contribution in [0, 0.1) is 0 Å². The van der Waals surface area contributed by atoms with E-state index in [9.17, 15) is 4.79 Å². The molecule has 1 aromatic rings. The third kappa shape index (κ3) is 2.89. The van der Waals surface area contributed by atoms with Gasteiger partial charge < -0.3 is 14.2 Å². The van der Waals surface area contributed by atoms with Crippen molar-refractivity contribution >= 4 is 28.3 Å². The molecule has 102 valence electrons. The van der Waals surface area contributed by atoms with Gasteiger partial charge in [-0.2, -0.15) is 0 Å². The average Bonchev–Trinajstić information content (AvgIpc) is 2.88. The van der Waals surface area contributed by atoms with Gasteiger partial charge in [-0.05, 0) is 25.1 Å². The Morgan fingerprint density at radius 2 is 2.32 bits per heavy atom. The first-order valence-corrected chi connectivity index (χ1v) is 6.63. The molecule has 0 saturated heterocycles. The summed E-state index contributed by atoms with van der Waals surface area (Å²) >= 11 is 3.39. The lowest BCUT2D eigenvalue weighted by atomic mass is 10.0. The van der Waals surface area contributed by atoms with Crippen molar-refractivity contribution in [2.45, 2.75) is 19.1 Å². The molecule has 0 aromatic heterocycles. The van der Waals surface area contributed by atoms with E-state index in [0.717, 1.165) is 10.0 Å². The van der Waals surface area contributed by atoms with Crippen LogP contribution in [0.2, 0.25) is 0 Å². The summed E-state index contributed by atoms with van der Waals surface area (Å²) in [6.45, 7) is 2.07. The Morgan fingerprint density at radius 1 is 1.53 bits per heavy atom. The number of methoxy groups -OCH3 is 1. The first-order chi connectivity index (χ1) is 9.17. The van der Waals surface area contributed by atoms with Crippen LogP contribution in [0.25, 0.3) is 0 Å². The predicted molar refractivity (Wildman–Crippen MR) is 73.4 cm³/mol. The quantitative estimate of drug-likeness (QED) is 0.797. The van der Waals surface area contributed by atoms with Crippen molar-refractivity contribution in [2.75, 3.05) is 13.7 Å². The molecule has 0 spiro atoms. The van der Waals surface area contributed by atoms with E-state index in [2.05, 4.69) is 20.9 Å². The fraction of sp³-hybridized carbons (Fsp3) is 0.385. The number of benzene rings is 1. The second-order valence-electron chi connectivity index (χ2n) is 3.89. The molecular weight excluding hydrogens is 314 g/mol. The number of carbonyl (C=O) groups excluding carboxylic acids is 1. The maximum Gasteiger partial charge on any atom is 0.335 e. The maximum absolute atomic E-state index is 11.8. The fourth-order valence-corrected chi connectivity index (χ4v) is 2.28. The van der Waals surface area contributed by atoms with Crippen LogP contribution < -0.4 is 4.74 Å². The van der Waals surface area contributed by atoms with Gasteiger partial charge in [0.1, 0.15) is 5.75 Å². The van der Waals surface area contributed by atoms with Gasteiger partial charge in [0.2, 0.25) is 0 Å². The molecular formula is C13H14BrNO4. The normalized spacial score (nSPS) is 21.0. The summed E-state index contributed by atoms with van der Waals surface area (Å²) < 4.78 is 16.6. The Bertz CT molecular complexity index is 503. The van der Waals surface area contributed by atoms with Crippen molar-refractivity contribution in [3.05, 3.63) is 28.2 Å².